The molecule has 0 atom stereocenters. The molecule has 1 N–H and O–H groups in total. The van der Waals surface area contributed by atoms with Crippen LogP contribution in [0.2, 0.25) is 0 Å². The second-order valence-corrected chi connectivity index (χ2v) is 6.16. The molecule has 2 aromatic rings. The quantitative estimate of drug-likeness (QED) is 0.905. The summed E-state index contributed by atoms with van der Waals surface area (Å²) in [7, 11) is 0. The highest BCUT2D eigenvalue weighted by Gasteiger charge is 2.19. The van der Waals surface area contributed by atoms with Crippen LogP contribution in [0.5, 0.6) is 5.75 Å². The van der Waals surface area contributed by atoms with Crippen LogP contribution in [0.4, 0.5) is 5.82 Å². The molecular weight excluding hydrogens is 304 g/mol. The Balaban J connectivity index is 1.66. The second kappa shape index (κ2) is 7.49. The van der Waals surface area contributed by atoms with Gasteiger partial charge in [-0.3, -0.25) is 9.69 Å². The van der Waals surface area contributed by atoms with Crippen LogP contribution >= 0.6 is 0 Å². The first kappa shape index (κ1) is 16.5. The van der Waals surface area contributed by atoms with Crippen molar-refractivity contribution in [2.45, 2.75) is 26.4 Å². The molecule has 0 amide bonds. The number of pyridine rings is 2. The first-order valence-electron chi connectivity index (χ1n) is 8.48. The minimum absolute atomic E-state index is 0.174. The lowest BCUT2D eigenvalue weighted by molar-refractivity contribution is 0.242. The van der Waals surface area contributed by atoms with Crippen LogP contribution in [-0.4, -0.2) is 45.7 Å². The highest BCUT2D eigenvalue weighted by Crippen LogP contribution is 2.15. The lowest BCUT2D eigenvalue weighted by Gasteiger charge is -2.35. The van der Waals surface area contributed by atoms with Crippen LogP contribution in [0.25, 0.3) is 0 Å². The van der Waals surface area contributed by atoms with E-state index in [0.717, 1.165) is 57.2 Å². The van der Waals surface area contributed by atoms with Crippen molar-refractivity contribution in [3.05, 3.63) is 52.6 Å². The predicted molar refractivity (Wildman–Crippen MR) is 94.4 cm³/mol. The van der Waals surface area contributed by atoms with Gasteiger partial charge in [0.15, 0.2) is 5.75 Å². The van der Waals surface area contributed by atoms with Crippen LogP contribution in [0.15, 0.2) is 41.5 Å². The Morgan fingerprint density at radius 2 is 2.00 bits per heavy atom. The van der Waals surface area contributed by atoms with Gasteiger partial charge >= 0.3 is 0 Å². The topological polar surface area (TPSA) is 61.6 Å². The summed E-state index contributed by atoms with van der Waals surface area (Å²) in [5.74, 6) is 0.844. The van der Waals surface area contributed by atoms with E-state index in [1.54, 1.807) is 12.3 Å². The molecule has 0 unspecified atom stereocenters. The molecule has 3 rings (SSSR count). The number of aromatic nitrogens is 2. The number of anilines is 1. The minimum Gasteiger partial charge on any atom is -0.503 e. The van der Waals surface area contributed by atoms with Gasteiger partial charge in [0.25, 0.3) is 0 Å². The van der Waals surface area contributed by atoms with E-state index in [4.69, 9.17) is 0 Å². The molecule has 0 radical (unpaired) electrons. The van der Waals surface area contributed by atoms with Crippen LogP contribution in [0.3, 0.4) is 0 Å². The van der Waals surface area contributed by atoms with Crippen molar-refractivity contribution < 1.29 is 5.11 Å². The van der Waals surface area contributed by atoms with Crippen molar-refractivity contribution >= 4 is 5.82 Å². The molecule has 0 aromatic carbocycles. The monoisotopic (exact) mass is 328 g/mol. The van der Waals surface area contributed by atoms with Gasteiger partial charge in [-0.05, 0) is 18.6 Å². The van der Waals surface area contributed by atoms with E-state index in [0.29, 0.717) is 0 Å². The third kappa shape index (κ3) is 3.76. The molecule has 3 heterocycles. The highest BCUT2D eigenvalue weighted by atomic mass is 16.3. The number of aromatic hydroxyl groups is 1. The SMILES string of the molecule is CCCn1cc(O)c(=O)cc1CN1CCN(c2ccccn2)CC1. The maximum atomic E-state index is 11.8. The maximum absolute atomic E-state index is 11.8. The van der Waals surface area contributed by atoms with Gasteiger partial charge in [-0.15, -0.1) is 0 Å². The van der Waals surface area contributed by atoms with E-state index in [-0.39, 0.29) is 11.2 Å². The van der Waals surface area contributed by atoms with Gasteiger partial charge in [0, 0.05) is 57.2 Å². The molecule has 0 bridgehead atoms. The summed E-state index contributed by atoms with van der Waals surface area (Å²) in [6.07, 6.45) is 4.34. The number of hydrogen-bond donors (Lipinski definition) is 1. The van der Waals surface area contributed by atoms with Crippen molar-refractivity contribution in [1.29, 1.82) is 0 Å². The molecule has 2 aromatic heterocycles. The second-order valence-electron chi connectivity index (χ2n) is 6.16. The van der Waals surface area contributed by atoms with Crippen molar-refractivity contribution in [2.24, 2.45) is 0 Å². The summed E-state index contributed by atoms with van der Waals surface area (Å²) in [4.78, 5) is 20.8. The molecule has 1 saturated heterocycles. The third-order valence-electron chi connectivity index (χ3n) is 4.39. The number of hydrogen-bond acceptors (Lipinski definition) is 5. The number of piperazine rings is 1. The van der Waals surface area contributed by atoms with E-state index < -0.39 is 0 Å². The summed E-state index contributed by atoms with van der Waals surface area (Å²) < 4.78 is 1.99. The largest absolute Gasteiger partial charge is 0.503 e. The summed E-state index contributed by atoms with van der Waals surface area (Å²) in [6.45, 7) is 7.32. The molecule has 6 nitrogen and oxygen atoms in total. The van der Waals surface area contributed by atoms with Crippen LogP contribution in [0, 0.1) is 0 Å². The molecule has 0 aliphatic carbocycles. The Bertz CT molecular complexity index is 722. The summed E-state index contributed by atoms with van der Waals surface area (Å²) in [6, 6.07) is 7.54. The fraction of sp³-hybridized carbons (Fsp3) is 0.444. The molecule has 1 aliphatic heterocycles. The summed E-state index contributed by atoms with van der Waals surface area (Å²) in [5, 5.41) is 9.66. The lowest BCUT2D eigenvalue weighted by atomic mass is 10.2. The van der Waals surface area contributed by atoms with Crippen LogP contribution in [-0.2, 0) is 13.1 Å². The first-order chi connectivity index (χ1) is 11.7. The van der Waals surface area contributed by atoms with Crippen molar-refractivity contribution in [3.63, 3.8) is 0 Å². The average molecular weight is 328 g/mol. The average Bonchev–Trinajstić information content (AvgIpc) is 2.61. The molecule has 1 fully saturated rings. The molecule has 6 heteroatoms. The Morgan fingerprint density at radius 1 is 1.21 bits per heavy atom. The van der Waals surface area contributed by atoms with Gasteiger partial charge in [-0.25, -0.2) is 4.98 Å². The highest BCUT2D eigenvalue weighted by molar-refractivity contribution is 5.38. The van der Waals surface area contributed by atoms with Crippen molar-refractivity contribution in [1.82, 2.24) is 14.5 Å². The third-order valence-corrected chi connectivity index (χ3v) is 4.39. The van der Waals surface area contributed by atoms with Gasteiger partial charge in [0.1, 0.15) is 5.82 Å². The van der Waals surface area contributed by atoms with Crippen molar-refractivity contribution in [2.75, 3.05) is 31.1 Å². The Morgan fingerprint density at radius 3 is 2.67 bits per heavy atom. The Labute approximate surface area is 142 Å². The van der Waals surface area contributed by atoms with E-state index in [1.807, 2.05) is 29.0 Å². The zero-order valence-corrected chi connectivity index (χ0v) is 14.1. The van der Waals surface area contributed by atoms with E-state index in [2.05, 4.69) is 21.7 Å². The van der Waals surface area contributed by atoms with Gasteiger partial charge in [0.2, 0.25) is 5.43 Å². The molecule has 128 valence electrons. The number of nitrogens with zero attached hydrogens (tertiary/aromatic N) is 4. The summed E-state index contributed by atoms with van der Waals surface area (Å²) >= 11 is 0. The molecule has 24 heavy (non-hydrogen) atoms. The fourth-order valence-electron chi connectivity index (χ4n) is 3.09. The number of rotatable bonds is 5. The van der Waals surface area contributed by atoms with Crippen LogP contribution < -0.4 is 10.3 Å². The Kier molecular flexibility index (Phi) is 5.15. The summed E-state index contributed by atoms with van der Waals surface area (Å²) in [5.41, 5.74) is 0.662. The Hall–Kier alpha value is -2.34. The minimum atomic E-state index is -0.301. The molecule has 1 aliphatic rings. The normalized spacial score (nSPS) is 15.6. The zero-order chi connectivity index (χ0) is 16.9. The lowest BCUT2D eigenvalue weighted by Crippen LogP contribution is -2.46. The van der Waals surface area contributed by atoms with Gasteiger partial charge in [0.05, 0.1) is 6.20 Å². The molecule has 0 saturated carbocycles. The fourth-order valence-corrected chi connectivity index (χ4v) is 3.09. The zero-order valence-electron chi connectivity index (χ0n) is 14.1. The molecule has 0 spiro atoms. The van der Waals surface area contributed by atoms with Gasteiger partial charge in [-0.2, -0.15) is 0 Å². The van der Waals surface area contributed by atoms with E-state index in [9.17, 15) is 9.90 Å². The first-order valence-corrected chi connectivity index (χ1v) is 8.48. The smallest absolute Gasteiger partial charge is 0.223 e. The van der Waals surface area contributed by atoms with Gasteiger partial charge < -0.3 is 14.6 Å². The molecular formula is C18H24N4O2. The standard InChI is InChI=1S/C18H24N4O2/c1-2-7-22-14-17(24)16(23)12-15(22)13-20-8-10-21(11-9-20)18-5-3-4-6-19-18/h3-6,12,14,24H,2,7-11,13H2,1H3. The maximum Gasteiger partial charge on any atom is 0.223 e. The van der Waals surface area contributed by atoms with Gasteiger partial charge in [-0.1, -0.05) is 13.0 Å². The van der Waals surface area contributed by atoms with Crippen molar-refractivity contribution in [3.8, 4) is 5.75 Å². The van der Waals surface area contributed by atoms with E-state index >= 15 is 0 Å². The van der Waals surface area contributed by atoms with Crippen LogP contribution in [0.1, 0.15) is 19.0 Å². The number of aryl methyl sites for hydroxylation is 1. The predicted octanol–water partition coefficient (Wildman–Crippen LogP) is 1.68. The van der Waals surface area contributed by atoms with E-state index in [1.165, 1.54) is 0 Å².